The lowest BCUT2D eigenvalue weighted by molar-refractivity contribution is 0.0696. The quantitative estimate of drug-likeness (QED) is 0.882. The van der Waals surface area contributed by atoms with Crippen LogP contribution >= 0.6 is 0 Å². The van der Waals surface area contributed by atoms with Gasteiger partial charge in [-0.3, -0.25) is 0 Å². The molecule has 0 aliphatic carbocycles. The molecule has 0 bridgehead atoms. The minimum Gasteiger partial charge on any atom is -0.478 e. The molecule has 2 rings (SSSR count). The van der Waals surface area contributed by atoms with Crippen LogP contribution in [-0.4, -0.2) is 11.1 Å². The van der Waals surface area contributed by atoms with Crippen molar-refractivity contribution in [3.05, 3.63) is 53.2 Å². The largest absolute Gasteiger partial charge is 0.478 e. The number of carboxylic acids is 1. The molecule has 0 unspecified atom stereocenters. The zero-order valence-corrected chi connectivity index (χ0v) is 9.68. The Labute approximate surface area is 107 Å². The standard InChI is InChI=1S/C13H9FN2O3/c14-11-2-1-3-12(10(11)5-15)16-6-9-4-8(7-19-9)13(17)18/h1-4,7,16H,6H2,(H,17,18). The monoisotopic (exact) mass is 260 g/mol. The molecule has 0 saturated carbocycles. The lowest BCUT2D eigenvalue weighted by Gasteiger charge is -2.06. The molecule has 0 aliphatic heterocycles. The third-order valence-electron chi connectivity index (χ3n) is 2.48. The van der Waals surface area contributed by atoms with E-state index in [1.165, 1.54) is 18.2 Å². The average Bonchev–Trinajstić information content (AvgIpc) is 2.85. The lowest BCUT2D eigenvalue weighted by Crippen LogP contribution is -2.01. The molecule has 0 saturated heterocycles. The molecule has 1 aromatic heterocycles. The van der Waals surface area contributed by atoms with Gasteiger partial charge in [0.25, 0.3) is 0 Å². The number of hydrogen-bond acceptors (Lipinski definition) is 4. The number of carboxylic acid groups (broad SMARTS) is 1. The Balaban J connectivity index is 2.12. The van der Waals surface area contributed by atoms with E-state index < -0.39 is 11.8 Å². The van der Waals surface area contributed by atoms with Gasteiger partial charge in [-0.2, -0.15) is 5.26 Å². The third-order valence-corrected chi connectivity index (χ3v) is 2.48. The van der Waals surface area contributed by atoms with Crippen LogP contribution in [0.15, 0.2) is 34.9 Å². The molecule has 2 aromatic rings. The molecule has 0 aliphatic rings. The molecule has 0 amide bonds. The van der Waals surface area contributed by atoms with Crippen molar-refractivity contribution in [2.75, 3.05) is 5.32 Å². The molecule has 19 heavy (non-hydrogen) atoms. The first kappa shape index (κ1) is 12.6. The van der Waals surface area contributed by atoms with E-state index >= 15 is 0 Å². The second kappa shape index (κ2) is 5.23. The summed E-state index contributed by atoms with van der Waals surface area (Å²) in [7, 11) is 0. The van der Waals surface area contributed by atoms with Crippen LogP contribution in [0.25, 0.3) is 0 Å². The molecule has 96 valence electrons. The van der Waals surface area contributed by atoms with E-state index in [0.29, 0.717) is 11.4 Å². The van der Waals surface area contributed by atoms with Crippen LogP contribution in [0, 0.1) is 17.1 Å². The van der Waals surface area contributed by atoms with Crippen LogP contribution in [0.4, 0.5) is 10.1 Å². The number of carbonyl (C=O) groups is 1. The van der Waals surface area contributed by atoms with Crippen molar-refractivity contribution in [2.24, 2.45) is 0 Å². The number of anilines is 1. The maximum atomic E-state index is 13.3. The van der Waals surface area contributed by atoms with Gasteiger partial charge in [0.2, 0.25) is 0 Å². The fraction of sp³-hybridized carbons (Fsp3) is 0.0769. The highest BCUT2D eigenvalue weighted by Gasteiger charge is 2.10. The van der Waals surface area contributed by atoms with Crippen molar-refractivity contribution in [3.8, 4) is 6.07 Å². The third kappa shape index (κ3) is 2.72. The fourth-order valence-electron chi connectivity index (χ4n) is 1.55. The first-order chi connectivity index (χ1) is 9.11. The average molecular weight is 260 g/mol. The van der Waals surface area contributed by atoms with Gasteiger partial charge in [-0.1, -0.05) is 6.07 Å². The van der Waals surface area contributed by atoms with Crippen molar-refractivity contribution in [1.29, 1.82) is 5.26 Å². The van der Waals surface area contributed by atoms with Gasteiger partial charge < -0.3 is 14.8 Å². The molecular weight excluding hydrogens is 251 g/mol. The Morgan fingerprint density at radius 3 is 2.95 bits per heavy atom. The maximum Gasteiger partial charge on any atom is 0.338 e. The molecule has 0 spiro atoms. The lowest BCUT2D eigenvalue weighted by atomic mass is 10.2. The summed E-state index contributed by atoms with van der Waals surface area (Å²) in [5.41, 5.74) is 0.278. The van der Waals surface area contributed by atoms with E-state index in [2.05, 4.69) is 5.32 Å². The fourth-order valence-corrected chi connectivity index (χ4v) is 1.55. The summed E-state index contributed by atoms with van der Waals surface area (Å²) in [5, 5.41) is 20.4. The van der Waals surface area contributed by atoms with Gasteiger partial charge in [-0.25, -0.2) is 9.18 Å². The zero-order valence-electron chi connectivity index (χ0n) is 9.68. The van der Waals surface area contributed by atoms with Crippen LogP contribution in [0.3, 0.4) is 0 Å². The highest BCUT2D eigenvalue weighted by Crippen LogP contribution is 2.19. The first-order valence-corrected chi connectivity index (χ1v) is 5.35. The number of nitrogens with one attached hydrogen (secondary N) is 1. The van der Waals surface area contributed by atoms with Crippen LogP contribution < -0.4 is 5.32 Å². The van der Waals surface area contributed by atoms with Crippen LogP contribution in [0.2, 0.25) is 0 Å². The number of furan rings is 1. The van der Waals surface area contributed by atoms with Crippen LogP contribution in [0.1, 0.15) is 21.7 Å². The number of hydrogen-bond donors (Lipinski definition) is 2. The van der Waals surface area contributed by atoms with Crippen molar-refractivity contribution in [2.45, 2.75) is 6.54 Å². The summed E-state index contributed by atoms with van der Waals surface area (Å²) < 4.78 is 18.4. The molecular formula is C13H9FN2O3. The van der Waals surface area contributed by atoms with Gasteiger partial charge in [0.1, 0.15) is 29.5 Å². The molecule has 0 atom stereocenters. The van der Waals surface area contributed by atoms with E-state index in [9.17, 15) is 9.18 Å². The Morgan fingerprint density at radius 2 is 2.32 bits per heavy atom. The summed E-state index contributed by atoms with van der Waals surface area (Å²) in [5.74, 6) is -1.32. The minimum absolute atomic E-state index is 0.0385. The second-order valence-corrected chi connectivity index (χ2v) is 3.73. The van der Waals surface area contributed by atoms with E-state index in [1.807, 2.05) is 0 Å². The van der Waals surface area contributed by atoms with Crippen molar-refractivity contribution in [3.63, 3.8) is 0 Å². The van der Waals surface area contributed by atoms with E-state index in [0.717, 1.165) is 6.26 Å². The Hall–Kier alpha value is -2.81. The molecule has 1 heterocycles. The van der Waals surface area contributed by atoms with Gasteiger partial charge in [0.05, 0.1) is 17.8 Å². The number of rotatable bonds is 4. The molecule has 6 heteroatoms. The smallest absolute Gasteiger partial charge is 0.338 e. The topological polar surface area (TPSA) is 86.3 Å². The highest BCUT2D eigenvalue weighted by molar-refractivity contribution is 5.87. The molecule has 0 radical (unpaired) electrons. The Kier molecular flexibility index (Phi) is 3.48. The number of aromatic carboxylic acids is 1. The van der Waals surface area contributed by atoms with Crippen LogP contribution in [0.5, 0.6) is 0 Å². The van der Waals surface area contributed by atoms with Gasteiger partial charge in [0, 0.05) is 0 Å². The number of nitriles is 1. The van der Waals surface area contributed by atoms with Gasteiger partial charge in [0.15, 0.2) is 0 Å². The molecule has 0 fully saturated rings. The summed E-state index contributed by atoms with van der Waals surface area (Å²) in [4.78, 5) is 10.7. The normalized spacial score (nSPS) is 9.89. The summed E-state index contributed by atoms with van der Waals surface area (Å²) in [6, 6.07) is 7.35. The van der Waals surface area contributed by atoms with Gasteiger partial charge >= 0.3 is 5.97 Å². The predicted molar refractivity (Wildman–Crippen MR) is 64.1 cm³/mol. The number of nitrogens with zero attached hydrogens (tertiary/aromatic N) is 1. The van der Waals surface area contributed by atoms with E-state index in [-0.39, 0.29) is 17.7 Å². The molecule has 5 nitrogen and oxygen atoms in total. The highest BCUT2D eigenvalue weighted by atomic mass is 19.1. The van der Waals surface area contributed by atoms with E-state index in [1.54, 1.807) is 12.1 Å². The van der Waals surface area contributed by atoms with Crippen molar-refractivity contribution in [1.82, 2.24) is 0 Å². The predicted octanol–water partition coefficient (Wildman–Crippen LogP) is 2.60. The molecule has 2 N–H and O–H groups in total. The Morgan fingerprint density at radius 1 is 1.53 bits per heavy atom. The second-order valence-electron chi connectivity index (χ2n) is 3.73. The van der Waals surface area contributed by atoms with Crippen molar-refractivity contribution >= 4 is 11.7 Å². The van der Waals surface area contributed by atoms with Crippen LogP contribution in [-0.2, 0) is 6.54 Å². The first-order valence-electron chi connectivity index (χ1n) is 5.35. The zero-order chi connectivity index (χ0) is 13.8. The molecule has 1 aromatic carbocycles. The van der Waals surface area contributed by atoms with Gasteiger partial charge in [-0.15, -0.1) is 0 Å². The number of benzene rings is 1. The summed E-state index contributed by atoms with van der Waals surface area (Å²) in [6.07, 6.45) is 1.12. The van der Waals surface area contributed by atoms with E-state index in [4.69, 9.17) is 14.8 Å². The number of halogens is 1. The SMILES string of the molecule is N#Cc1c(F)cccc1NCc1cc(C(=O)O)co1. The van der Waals surface area contributed by atoms with Crippen molar-refractivity contribution < 1.29 is 18.7 Å². The minimum atomic E-state index is -1.08. The maximum absolute atomic E-state index is 13.3. The Bertz CT molecular complexity index is 658. The summed E-state index contributed by atoms with van der Waals surface area (Å²) in [6.45, 7) is 0.158. The summed E-state index contributed by atoms with van der Waals surface area (Å²) >= 11 is 0. The van der Waals surface area contributed by atoms with Gasteiger partial charge in [-0.05, 0) is 18.2 Å².